The van der Waals surface area contributed by atoms with Gasteiger partial charge in [-0.1, -0.05) is 36.4 Å². The molecule has 1 aliphatic rings. The minimum absolute atomic E-state index is 0.210. The van der Waals surface area contributed by atoms with Crippen LogP contribution in [-0.2, 0) is 6.42 Å². The summed E-state index contributed by atoms with van der Waals surface area (Å²) >= 11 is 0. The second kappa shape index (κ2) is 4.73. The van der Waals surface area contributed by atoms with E-state index in [0.29, 0.717) is 0 Å². The van der Waals surface area contributed by atoms with Gasteiger partial charge in [-0.3, -0.25) is 0 Å². The van der Waals surface area contributed by atoms with Crippen LogP contribution < -0.4 is 10.1 Å². The van der Waals surface area contributed by atoms with Crippen LogP contribution in [0.1, 0.15) is 11.1 Å². The number of rotatable bonds is 2. The lowest BCUT2D eigenvalue weighted by atomic mass is 10.1. The maximum absolute atomic E-state index is 6.05. The van der Waals surface area contributed by atoms with E-state index in [9.17, 15) is 0 Å². The van der Waals surface area contributed by atoms with Crippen molar-refractivity contribution < 1.29 is 4.74 Å². The number of anilines is 1. The van der Waals surface area contributed by atoms with Crippen molar-refractivity contribution >= 4 is 5.69 Å². The standard InChI is InChI=1S/C16H17NO/c1-12-7-8-15-16(9-12)18-14(11-17-15)10-13-5-3-2-4-6-13/h2-9,14,17H,10-11H2,1H3. The van der Waals surface area contributed by atoms with Crippen molar-refractivity contribution in [2.24, 2.45) is 0 Å². The highest BCUT2D eigenvalue weighted by Gasteiger charge is 2.19. The quantitative estimate of drug-likeness (QED) is 0.867. The number of benzene rings is 2. The first-order valence-electron chi connectivity index (χ1n) is 6.36. The molecule has 0 fully saturated rings. The smallest absolute Gasteiger partial charge is 0.143 e. The minimum atomic E-state index is 0.210. The molecule has 0 aliphatic carbocycles. The molecule has 92 valence electrons. The summed E-state index contributed by atoms with van der Waals surface area (Å²) in [5.41, 5.74) is 3.65. The van der Waals surface area contributed by atoms with Gasteiger partial charge in [0.1, 0.15) is 11.9 Å². The summed E-state index contributed by atoms with van der Waals surface area (Å²) in [6.07, 6.45) is 1.16. The Morgan fingerprint density at radius 2 is 2.00 bits per heavy atom. The van der Waals surface area contributed by atoms with Crippen molar-refractivity contribution in [2.45, 2.75) is 19.4 Å². The Morgan fingerprint density at radius 3 is 2.83 bits per heavy atom. The molecule has 1 heterocycles. The van der Waals surface area contributed by atoms with Gasteiger partial charge in [-0.15, -0.1) is 0 Å². The molecular weight excluding hydrogens is 222 g/mol. The van der Waals surface area contributed by atoms with Crippen LogP contribution in [0.15, 0.2) is 48.5 Å². The van der Waals surface area contributed by atoms with Gasteiger partial charge in [0.25, 0.3) is 0 Å². The van der Waals surface area contributed by atoms with Crippen LogP contribution in [0.4, 0.5) is 5.69 Å². The van der Waals surface area contributed by atoms with Gasteiger partial charge in [0.05, 0.1) is 12.2 Å². The molecule has 1 aliphatic heterocycles. The molecule has 3 rings (SSSR count). The van der Waals surface area contributed by atoms with Gasteiger partial charge in [-0.2, -0.15) is 0 Å². The lowest BCUT2D eigenvalue weighted by Crippen LogP contribution is -2.32. The molecule has 1 N–H and O–H groups in total. The van der Waals surface area contributed by atoms with Gasteiger partial charge in [-0.05, 0) is 30.2 Å². The monoisotopic (exact) mass is 239 g/mol. The van der Waals surface area contributed by atoms with Crippen LogP contribution in [0.3, 0.4) is 0 Å². The normalized spacial score (nSPS) is 17.5. The molecular formula is C16H17NO. The van der Waals surface area contributed by atoms with Gasteiger partial charge in [0.2, 0.25) is 0 Å². The molecule has 0 aromatic heterocycles. The predicted molar refractivity (Wildman–Crippen MR) is 74.2 cm³/mol. The van der Waals surface area contributed by atoms with E-state index < -0.39 is 0 Å². The van der Waals surface area contributed by atoms with Crippen molar-refractivity contribution in [2.75, 3.05) is 11.9 Å². The van der Waals surface area contributed by atoms with Crippen LogP contribution in [-0.4, -0.2) is 12.6 Å². The molecule has 2 heteroatoms. The fourth-order valence-electron chi connectivity index (χ4n) is 2.31. The first-order chi connectivity index (χ1) is 8.81. The Bertz CT molecular complexity index is 536. The fraction of sp³-hybridized carbons (Fsp3) is 0.250. The Morgan fingerprint density at radius 1 is 1.17 bits per heavy atom. The minimum Gasteiger partial charge on any atom is -0.486 e. The van der Waals surface area contributed by atoms with Crippen LogP contribution in [0.5, 0.6) is 5.75 Å². The van der Waals surface area contributed by atoms with Crippen molar-refractivity contribution in [3.05, 3.63) is 59.7 Å². The number of nitrogens with one attached hydrogen (secondary N) is 1. The first kappa shape index (κ1) is 11.1. The first-order valence-corrected chi connectivity index (χ1v) is 6.36. The highest BCUT2D eigenvalue weighted by molar-refractivity contribution is 5.59. The van der Waals surface area contributed by atoms with Crippen molar-refractivity contribution in [1.29, 1.82) is 0 Å². The van der Waals surface area contributed by atoms with Crippen LogP contribution in [0.2, 0.25) is 0 Å². The lowest BCUT2D eigenvalue weighted by Gasteiger charge is -2.27. The zero-order valence-corrected chi connectivity index (χ0v) is 10.5. The van der Waals surface area contributed by atoms with Crippen molar-refractivity contribution in [3.63, 3.8) is 0 Å². The molecule has 2 aromatic carbocycles. The molecule has 18 heavy (non-hydrogen) atoms. The Hall–Kier alpha value is -1.96. The van der Waals surface area contributed by atoms with E-state index in [4.69, 9.17) is 4.74 Å². The van der Waals surface area contributed by atoms with Crippen LogP contribution in [0, 0.1) is 6.92 Å². The van der Waals surface area contributed by atoms with E-state index in [-0.39, 0.29) is 6.10 Å². The van der Waals surface area contributed by atoms with Crippen molar-refractivity contribution in [3.8, 4) is 5.75 Å². The van der Waals surface area contributed by atoms with Crippen LogP contribution in [0.25, 0.3) is 0 Å². The second-order valence-electron chi connectivity index (χ2n) is 4.81. The molecule has 1 unspecified atom stereocenters. The summed E-state index contributed by atoms with van der Waals surface area (Å²) in [6, 6.07) is 16.8. The molecule has 2 nitrogen and oxygen atoms in total. The summed E-state index contributed by atoms with van der Waals surface area (Å²) in [5.74, 6) is 0.974. The van der Waals surface area contributed by atoms with Gasteiger partial charge < -0.3 is 10.1 Å². The molecule has 0 bridgehead atoms. The maximum atomic E-state index is 6.05. The van der Waals surface area contributed by atoms with Gasteiger partial charge in [0, 0.05) is 6.42 Å². The Labute approximate surface area is 108 Å². The highest BCUT2D eigenvalue weighted by atomic mass is 16.5. The number of ether oxygens (including phenoxy) is 1. The van der Waals surface area contributed by atoms with Gasteiger partial charge in [-0.25, -0.2) is 0 Å². The zero-order chi connectivity index (χ0) is 12.4. The fourth-order valence-corrected chi connectivity index (χ4v) is 2.31. The van der Waals surface area contributed by atoms with E-state index in [0.717, 1.165) is 24.4 Å². The van der Waals surface area contributed by atoms with E-state index >= 15 is 0 Å². The van der Waals surface area contributed by atoms with E-state index in [2.05, 4.69) is 54.7 Å². The summed E-state index contributed by atoms with van der Waals surface area (Å²) in [7, 11) is 0. The number of hydrogen-bond acceptors (Lipinski definition) is 2. The SMILES string of the molecule is Cc1ccc2c(c1)OC(Cc1ccccc1)CN2. The van der Waals surface area contributed by atoms with Gasteiger partial charge >= 0.3 is 0 Å². The van der Waals surface area contributed by atoms with E-state index in [1.807, 2.05) is 6.07 Å². The summed E-state index contributed by atoms with van der Waals surface area (Å²) in [5, 5.41) is 3.44. The second-order valence-corrected chi connectivity index (χ2v) is 4.81. The van der Waals surface area contributed by atoms with Crippen molar-refractivity contribution in [1.82, 2.24) is 0 Å². The Balaban J connectivity index is 1.75. The summed E-state index contributed by atoms with van der Waals surface area (Å²) < 4.78 is 6.05. The molecule has 2 aromatic rings. The zero-order valence-electron chi connectivity index (χ0n) is 10.5. The third-order valence-corrected chi connectivity index (χ3v) is 3.26. The molecule has 0 radical (unpaired) electrons. The lowest BCUT2D eigenvalue weighted by molar-refractivity contribution is 0.206. The molecule has 1 atom stereocenters. The third-order valence-electron chi connectivity index (χ3n) is 3.26. The average Bonchev–Trinajstić information content (AvgIpc) is 2.39. The largest absolute Gasteiger partial charge is 0.486 e. The van der Waals surface area contributed by atoms with E-state index in [1.54, 1.807) is 0 Å². The van der Waals surface area contributed by atoms with Gasteiger partial charge in [0.15, 0.2) is 0 Å². The number of aryl methyl sites for hydroxylation is 1. The highest BCUT2D eigenvalue weighted by Crippen LogP contribution is 2.30. The number of hydrogen-bond donors (Lipinski definition) is 1. The third kappa shape index (κ3) is 2.33. The summed E-state index contributed by atoms with van der Waals surface area (Å²) in [4.78, 5) is 0. The average molecular weight is 239 g/mol. The topological polar surface area (TPSA) is 21.3 Å². The number of fused-ring (bicyclic) bond motifs is 1. The van der Waals surface area contributed by atoms with Crippen LogP contribution >= 0.6 is 0 Å². The molecule has 0 saturated heterocycles. The maximum Gasteiger partial charge on any atom is 0.143 e. The molecule has 0 spiro atoms. The predicted octanol–water partition coefficient (Wildman–Crippen LogP) is 3.41. The molecule has 0 amide bonds. The Kier molecular flexibility index (Phi) is 2.93. The van der Waals surface area contributed by atoms with E-state index in [1.165, 1.54) is 11.1 Å². The molecule has 0 saturated carbocycles. The summed E-state index contributed by atoms with van der Waals surface area (Å²) in [6.45, 7) is 2.95.